The molecule has 1 saturated heterocycles. The van der Waals surface area contributed by atoms with Gasteiger partial charge in [0.25, 0.3) is 0 Å². The largest absolute Gasteiger partial charge is 0.443 e. The lowest BCUT2D eigenvalue weighted by molar-refractivity contribution is -0.149. The van der Waals surface area contributed by atoms with Gasteiger partial charge in [-0.3, -0.25) is 4.79 Å². The zero-order valence-electron chi connectivity index (χ0n) is 8.48. The lowest BCUT2D eigenvalue weighted by atomic mass is 9.79. The molecule has 0 N–H and O–H groups in total. The highest BCUT2D eigenvalue weighted by Crippen LogP contribution is 2.36. The second-order valence-electron chi connectivity index (χ2n) is 4.59. The fraction of sp³-hybridized carbons (Fsp3) is 0.600. The van der Waals surface area contributed by atoms with Gasteiger partial charge in [-0.1, -0.05) is 12.2 Å². The Morgan fingerprint density at radius 1 is 1.43 bits per heavy atom. The number of β-lactam (4-membered cyclic amide) rings is 1. The van der Waals surface area contributed by atoms with Crippen molar-refractivity contribution in [3.8, 4) is 0 Å². The Morgan fingerprint density at radius 3 is 2.43 bits per heavy atom. The molecule has 76 valence electrons. The van der Waals surface area contributed by atoms with Crippen molar-refractivity contribution in [1.82, 2.24) is 4.90 Å². The third-order valence-corrected chi connectivity index (χ3v) is 2.29. The van der Waals surface area contributed by atoms with E-state index in [4.69, 9.17) is 4.74 Å². The minimum absolute atomic E-state index is 0.0441. The summed E-state index contributed by atoms with van der Waals surface area (Å²) in [4.78, 5) is 24.0. The Balaban J connectivity index is 2.00. The van der Waals surface area contributed by atoms with Crippen LogP contribution in [-0.2, 0) is 9.53 Å². The number of rotatable bonds is 0. The molecule has 0 aromatic carbocycles. The lowest BCUT2D eigenvalue weighted by Crippen LogP contribution is -2.65. The molecule has 4 heteroatoms. The summed E-state index contributed by atoms with van der Waals surface area (Å²) in [6.45, 7) is 5.34. The van der Waals surface area contributed by atoms with Gasteiger partial charge in [0.15, 0.2) is 0 Å². The molecule has 2 rings (SSSR count). The maximum absolute atomic E-state index is 11.5. The molecule has 1 aliphatic carbocycles. The topological polar surface area (TPSA) is 46.6 Å². The van der Waals surface area contributed by atoms with Crippen molar-refractivity contribution >= 4 is 12.0 Å². The summed E-state index contributed by atoms with van der Waals surface area (Å²) in [5.41, 5.74) is -0.546. The van der Waals surface area contributed by atoms with Gasteiger partial charge in [0, 0.05) is 0 Å². The van der Waals surface area contributed by atoms with E-state index in [0.717, 1.165) is 0 Å². The molecule has 2 atom stereocenters. The van der Waals surface area contributed by atoms with Crippen LogP contribution in [0.3, 0.4) is 0 Å². The van der Waals surface area contributed by atoms with Gasteiger partial charge in [0.2, 0.25) is 5.91 Å². The van der Waals surface area contributed by atoms with Crippen LogP contribution in [0.2, 0.25) is 0 Å². The number of imide groups is 1. The molecule has 0 radical (unpaired) electrons. The van der Waals surface area contributed by atoms with E-state index >= 15 is 0 Å². The Kier molecular flexibility index (Phi) is 1.71. The fourth-order valence-electron chi connectivity index (χ4n) is 1.54. The number of hydrogen-bond donors (Lipinski definition) is 0. The summed E-state index contributed by atoms with van der Waals surface area (Å²) in [7, 11) is 0. The van der Waals surface area contributed by atoms with Crippen LogP contribution in [0.5, 0.6) is 0 Å². The van der Waals surface area contributed by atoms with Gasteiger partial charge >= 0.3 is 6.09 Å². The molecule has 0 bridgehead atoms. The van der Waals surface area contributed by atoms with Crippen LogP contribution in [0, 0.1) is 5.92 Å². The SMILES string of the molecule is CC(C)(C)OC(=O)N1C(=O)C2C=CC21. The van der Waals surface area contributed by atoms with E-state index in [1.165, 1.54) is 4.90 Å². The molecule has 1 aliphatic heterocycles. The minimum Gasteiger partial charge on any atom is -0.443 e. The van der Waals surface area contributed by atoms with Gasteiger partial charge in [0.1, 0.15) is 5.60 Å². The van der Waals surface area contributed by atoms with Crippen molar-refractivity contribution in [2.75, 3.05) is 0 Å². The molecule has 0 saturated carbocycles. The number of amides is 2. The fourth-order valence-corrected chi connectivity index (χ4v) is 1.54. The van der Waals surface area contributed by atoms with Crippen LogP contribution >= 0.6 is 0 Å². The van der Waals surface area contributed by atoms with Crippen molar-refractivity contribution in [2.45, 2.75) is 32.4 Å². The van der Waals surface area contributed by atoms with Gasteiger partial charge in [-0.15, -0.1) is 0 Å². The molecule has 0 aromatic rings. The van der Waals surface area contributed by atoms with E-state index in [2.05, 4.69) is 0 Å². The van der Waals surface area contributed by atoms with Gasteiger partial charge in [-0.05, 0) is 20.8 Å². The zero-order valence-corrected chi connectivity index (χ0v) is 8.48. The first-order valence-corrected chi connectivity index (χ1v) is 4.64. The highest BCUT2D eigenvalue weighted by atomic mass is 16.6. The van der Waals surface area contributed by atoms with E-state index in [-0.39, 0.29) is 17.9 Å². The molecule has 2 aliphatic rings. The molecular weight excluding hydrogens is 182 g/mol. The molecule has 2 amide bonds. The second-order valence-corrected chi connectivity index (χ2v) is 4.59. The first-order valence-electron chi connectivity index (χ1n) is 4.64. The molecule has 1 fully saturated rings. The highest BCUT2D eigenvalue weighted by Gasteiger charge is 2.53. The number of likely N-dealkylation sites (tertiary alicyclic amines) is 1. The van der Waals surface area contributed by atoms with Gasteiger partial charge in [-0.25, -0.2) is 9.69 Å². The lowest BCUT2D eigenvalue weighted by Gasteiger charge is -2.47. The van der Waals surface area contributed by atoms with Crippen LogP contribution in [0.25, 0.3) is 0 Å². The number of ether oxygens (including phenoxy) is 1. The maximum Gasteiger partial charge on any atom is 0.417 e. The number of fused-ring (bicyclic) bond motifs is 1. The summed E-state index contributed by atoms with van der Waals surface area (Å²) in [5.74, 6) is -0.214. The smallest absolute Gasteiger partial charge is 0.417 e. The average Bonchev–Trinajstić information content (AvgIpc) is 1.93. The molecule has 1 heterocycles. The third kappa shape index (κ3) is 1.22. The zero-order chi connectivity index (χ0) is 10.5. The second kappa shape index (κ2) is 2.59. The van der Waals surface area contributed by atoms with Crippen LogP contribution in [-0.4, -0.2) is 28.5 Å². The number of nitrogens with zero attached hydrogens (tertiary/aromatic N) is 1. The monoisotopic (exact) mass is 195 g/mol. The van der Waals surface area contributed by atoms with Crippen molar-refractivity contribution in [2.24, 2.45) is 5.92 Å². The molecule has 14 heavy (non-hydrogen) atoms. The number of carbonyl (C=O) groups excluding carboxylic acids is 2. The summed E-state index contributed by atoms with van der Waals surface area (Å²) < 4.78 is 5.10. The standard InChI is InChI=1S/C10H13NO3/c1-10(2,3)14-9(13)11-7-5-4-6(7)8(11)12/h4-7H,1-3H3. The summed E-state index contributed by atoms with van der Waals surface area (Å²) >= 11 is 0. The minimum atomic E-state index is -0.546. The van der Waals surface area contributed by atoms with Gasteiger partial charge in [-0.2, -0.15) is 0 Å². The van der Waals surface area contributed by atoms with Crippen LogP contribution in [0.1, 0.15) is 20.8 Å². The van der Waals surface area contributed by atoms with Crippen molar-refractivity contribution in [3.05, 3.63) is 12.2 Å². The van der Waals surface area contributed by atoms with Crippen molar-refractivity contribution in [3.63, 3.8) is 0 Å². The van der Waals surface area contributed by atoms with E-state index < -0.39 is 11.7 Å². The van der Waals surface area contributed by atoms with Crippen LogP contribution in [0.4, 0.5) is 4.79 Å². The maximum atomic E-state index is 11.5. The number of hydrogen-bond acceptors (Lipinski definition) is 3. The van der Waals surface area contributed by atoms with Gasteiger partial charge in [0.05, 0.1) is 12.0 Å². The molecule has 0 aromatic heterocycles. The van der Waals surface area contributed by atoms with E-state index in [0.29, 0.717) is 0 Å². The van der Waals surface area contributed by atoms with Crippen LogP contribution < -0.4 is 0 Å². The Bertz CT molecular complexity index is 327. The predicted molar refractivity (Wildman–Crippen MR) is 49.5 cm³/mol. The molecule has 2 unspecified atom stereocenters. The van der Waals surface area contributed by atoms with Crippen molar-refractivity contribution < 1.29 is 14.3 Å². The first-order chi connectivity index (χ1) is 6.40. The highest BCUT2D eigenvalue weighted by molar-refractivity contribution is 6.02. The molecule has 4 nitrogen and oxygen atoms in total. The normalized spacial score (nSPS) is 29.1. The van der Waals surface area contributed by atoms with E-state index in [1.54, 1.807) is 20.8 Å². The number of carbonyl (C=O) groups is 2. The summed E-state index contributed by atoms with van der Waals surface area (Å²) in [6.07, 6.45) is 3.12. The van der Waals surface area contributed by atoms with E-state index in [1.807, 2.05) is 12.2 Å². The first kappa shape index (κ1) is 9.24. The molecule has 0 spiro atoms. The van der Waals surface area contributed by atoms with E-state index in [9.17, 15) is 9.59 Å². The Hall–Kier alpha value is -1.32. The third-order valence-electron chi connectivity index (χ3n) is 2.29. The quantitative estimate of drug-likeness (QED) is 0.432. The van der Waals surface area contributed by atoms with Crippen LogP contribution in [0.15, 0.2) is 12.2 Å². The Morgan fingerprint density at radius 2 is 2.07 bits per heavy atom. The molecular formula is C10H13NO3. The summed E-state index contributed by atoms with van der Waals surface area (Å²) in [5, 5.41) is 0. The average molecular weight is 195 g/mol. The van der Waals surface area contributed by atoms with Gasteiger partial charge < -0.3 is 4.74 Å². The Labute approximate surface area is 82.5 Å². The summed E-state index contributed by atoms with van der Waals surface area (Å²) in [6, 6.07) is -0.0441. The predicted octanol–water partition coefficient (Wildman–Crippen LogP) is 1.32. The van der Waals surface area contributed by atoms with Crippen molar-refractivity contribution in [1.29, 1.82) is 0 Å².